The largest absolute Gasteiger partial charge is 0.495 e. The molecule has 0 saturated heterocycles. The van der Waals surface area contributed by atoms with Crippen molar-refractivity contribution in [1.82, 2.24) is 0 Å². The van der Waals surface area contributed by atoms with E-state index in [2.05, 4.69) is 30.5 Å². The lowest BCUT2D eigenvalue weighted by Gasteiger charge is -2.15. The number of carbonyl (C=O) groups excluding carboxylic acids is 1. The molecular weight excluding hydrogens is 324 g/mol. The van der Waals surface area contributed by atoms with Crippen LogP contribution in [0.5, 0.6) is 5.75 Å². The highest BCUT2D eigenvalue weighted by Gasteiger charge is 2.11. The number of para-hydroxylation sites is 1. The number of benzene rings is 2. The van der Waals surface area contributed by atoms with Gasteiger partial charge < -0.3 is 15.4 Å². The number of methoxy groups -OCH3 is 1. The first-order valence-electron chi connectivity index (χ1n) is 7.89. The van der Waals surface area contributed by atoms with Crippen LogP contribution in [0.3, 0.4) is 0 Å². The second kappa shape index (κ2) is 8.06. The predicted octanol–water partition coefficient (Wildman–Crippen LogP) is 4.83. The third kappa shape index (κ3) is 4.42. The van der Waals surface area contributed by atoms with Crippen LogP contribution in [0.2, 0.25) is 5.02 Å². The highest BCUT2D eigenvalue weighted by Crippen LogP contribution is 2.31. The van der Waals surface area contributed by atoms with E-state index in [4.69, 9.17) is 16.3 Å². The molecule has 2 N–H and O–H groups in total. The van der Waals surface area contributed by atoms with Crippen LogP contribution >= 0.6 is 11.6 Å². The fourth-order valence-corrected chi connectivity index (χ4v) is 2.61. The normalized spacial score (nSPS) is 10.6. The van der Waals surface area contributed by atoms with E-state index in [0.29, 0.717) is 22.4 Å². The molecule has 2 aromatic rings. The first-order chi connectivity index (χ1) is 11.4. The first kappa shape index (κ1) is 18.1. The fraction of sp³-hybridized carbons (Fsp3) is 0.316. The number of hydrogen-bond donors (Lipinski definition) is 2. The Kier molecular flexibility index (Phi) is 6.10. The Morgan fingerprint density at radius 2 is 1.92 bits per heavy atom. The van der Waals surface area contributed by atoms with Crippen LogP contribution in [0.25, 0.3) is 0 Å². The van der Waals surface area contributed by atoms with E-state index in [0.717, 1.165) is 11.3 Å². The third-order valence-corrected chi connectivity index (χ3v) is 4.18. The summed E-state index contributed by atoms with van der Waals surface area (Å²) >= 11 is 6.08. The summed E-state index contributed by atoms with van der Waals surface area (Å²) in [7, 11) is 1.55. The van der Waals surface area contributed by atoms with Gasteiger partial charge in [-0.25, -0.2) is 0 Å². The monoisotopic (exact) mass is 346 g/mol. The second-order valence-corrected chi connectivity index (χ2v) is 6.35. The Balaban J connectivity index is 2.06. The van der Waals surface area contributed by atoms with Gasteiger partial charge >= 0.3 is 0 Å². The molecular formula is C19H23ClN2O2. The van der Waals surface area contributed by atoms with Gasteiger partial charge in [0, 0.05) is 16.8 Å². The SMILES string of the molecule is COc1cc(Cl)c(C)cc1NC(=O)CNc1ccccc1C(C)C. The Hall–Kier alpha value is -2.20. The highest BCUT2D eigenvalue weighted by molar-refractivity contribution is 6.31. The van der Waals surface area contributed by atoms with Crippen molar-refractivity contribution in [2.24, 2.45) is 0 Å². The van der Waals surface area contributed by atoms with Gasteiger partial charge in [0.05, 0.1) is 19.3 Å². The summed E-state index contributed by atoms with van der Waals surface area (Å²) < 4.78 is 5.28. The molecule has 4 nitrogen and oxygen atoms in total. The van der Waals surface area contributed by atoms with Crippen molar-refractivity contribution < 1.29 is 9.53 Å². The number of ether oxygens (including phenoxy) is 1. The van der Waals surface area contributed by atoms with Crippen molar-refractivity contribution in [2.75, 3.05) is 24.3 Å². The molecule has 0 aliphatic rings. The van der Waals surface area contributed by atoms with Gasteiger partial charge in [0.15, 0.2) is 0 Å². The number of carbonyl (C=O) groups is 1. The van der Waals surface area contributed by atoms with Crippen molar-refractivity contribution >= 4 is 28.9 Å². The van der Waals surface area contributed by atoms with E-state index < -0.39 is 0 Å². The van der Waals surface area contributed by atoms with Crippen LogP contribution in [0.4, 0.5) is 11.4 Å². The van der Waals surface area contributed by atoms with E-state index in [-0.39, 0.29) is 12.5 Å². The Morgan fingerprint density at radius 1 is 1.21 bits per heavy atom. The molecule has 0 fully saturated rings. The number of halogens is 1. The number of rotatable bonds is 6. The van der Waals surface area contributed by atoms with E-state index in [9.17, 15) is 4.79 Å². The molecule has 2 rings (SSSR count). The van der Waals surface area contributed by atoms with Crippen LogP contribution in [-0.2, 0) is 4.79 Å². The molecule has 0 aliphatic carbocycles. The summed E-state index contributed by atoms with van der Waals surface area (Å²) in [6.45, 7) is 6.31. The van der Waals surface area contributed by atoms with Crippen LogP contribution in [0.15, 0.2) is 36.4 Å². The van der Waals surface area contributed by atoms with Crippen LogP contribution in [-0.4, -0.2) is 19.6 Å². The molecule has 2 aromatic carbocycles. The molecule has 0 spiro atoms. The summed E-state index contributed by atoms with van der Waals surface area (Å²) in [5.41, 5.74) is 3.65. The van der Waals surface area contributed by atoms with Gasteiger partial charge in [-0.15, -0.1) is 0 Å². The average Bonchev–Trinajstić information content (AvgIpc) is 2.56. The van der Waals surface area contributed by atoms with Gasteiger partial charge in [-0.1, -0.05) is 43.6 Å². The summed E-state index contributed by atoms with van der Waals surface area (Å²) in [6, 6.07) is 11.5. The molecule has 0 unspecified atom stereocenters. The number of hydrogen-bond acceptors (Lipinski definition) is 3. The molecule has 5 heteroatoms. The molecule has 24 heavy (non-hydrogen) atoms. The van der Waals surface area contributed by atoms with Crippen molar-refractivity contribution in [2.45, 2.75) is 26.7 Å². The lowest BCUT2D eigenvalue weighted by Crippen LogP contribution is -2.22. The smallest absolute Gasteiger partial charge is 0.243 e. The number of anilines is 2. The molecule has 0 aromatic heterocycles. The molecule has 0 saturated carbocycles. The molecule has 1 amide bonds. The van der Waals surface area contributed by atoms with Gasteiger partial charge in [-0.05, 0) is 36.1 Å². The number of nitrogens with one attached hydrogen (secondary N) is 2. The molecule has 0 aliphatic heterocycles. The maximum absolute atomic E-state index is 12.3. The molecule has 0 heterocycles. The zero-order valence-electron chi connectivity index (χ0n) is 14.4. The standard InChI is InChI=1S/C19H23ClN2O2/c1-12(2)14-7-5-6-8-16(14)21-11-19(23)22-17-9-13(3)15(20)10-18(17)24-4/h5-10,12,21H,11H2,1-4H3,(H,22,23). The van der Waals surface area contributed by atoms with Crippen molar-refractivity contribution in [3.63, 3.8) is 0 Å². The maximum Gasteiger partial charge on any atom is 0.243 e. The minimum Gasteiger partial charge on any atom is -0.495 e. The summed E-state index contributed by atoms with van der Waals surface area (Å²) in [4.78, 5) is 12.3. The first-order valence-corrected chi connectivity index (χ1v) is 8.27. The summed E-state index contributed by atoms with van der Waals surface area (Å²) in [5, 5.41) is 6.67. The van der Waals surface area contributed by atoms with Gasteiger partial charge in [0.2, 0.25) is 5.91 Å². The zero-order chi connectivity index (χ0) is 17.7. The summed E-state index contributed by atoms with van der Waals surface area (Å²) in [6.07, 6.45) is 0. The molecule has 0 bridgehead atoms. The van der Waals surface area contributed by atoms with Crippen LogP contribution in [0.1, 0.15) is 30.9 Å². The van der Waals surface area contributed by atoms with E-state index in [1.165, 1.54) is 5.56 Å². The van der Waals surface area contributed by atoms with E-state index >= 15 is 0 Å². The molecule has 0 radical (unpaired) electrons. The van der Waals surface area contributed by atoms with Gasteiger partial charge in [0.1, 0.15) is 5.75 Å². The van der Waals surface area contributed by atoms with Crippen LogP contribution in [0, 0.1) is 6.92 Å². The van der Waals surface area contributed by atoms with Gasteiger partial charge in [-0.2, -0.15) is 0 Å². The molecule has 128 valence electrons. The quantitative estimate of drug-likeness (QED) is 0.787. The maximum atomic E-state index is 12.3. The Labute approximate surface area is 148 Å². The fourth-order valence-electron chi connectivity index (χ4n) is 2.46. The topological polar surface area (TPSA) is 50.4 Å². The molecule has 0 atom stereocenters. The minimum atomic E-state index is -0.145. The number of aryl methyl sites for hydroxylation is 1. The lowest BCUT2D eigenvalue weighted by atomic mass is 10.0. The van der Waals surface area contributed by atoms with Crippen molar-refractivity contribution in [3.05, 3.63) is 52.5 Å². The predicted molar refractivity (Wildman–Crippen MR) is 100 cm³/mol. The van der Waals surface area contributed by atoms with Crippen molar-refractivity contribution in [1.29, 1.82) is 0 Å². The summed E-state index contributed by atoms with van der Waals surface area (Å²) in [5.74, 6) is 0.783. The van der Waals surface area contributed by atoms with Gasteiger partial charge in [0.25, 0.3) is 0 Å². The third-order valence-electron chi connectivity index (χ3n) is 3.78. The number of amides is 1. The minimum absolute atomic E-state index is 0.145. The van der Waals surface area contributed by atoms with E-state index in [1.807, 2.05) is 25.1 Å². The van der Waals surface area contributed by atoms with Gasteiger partial charge in [-0.3, -0.25) is 4.79 Å². The Morgan fingerprint density at radius 3 is 2.58 bits per heavy atom. The highest BCUT2D eigenvalue weighted by atomic mass is 35.5. The Bertz CT molecular complexity index is 729. The van der Waals surface area contributed by atoms with Crippen molar-refractivity contribution in [3.8, 4) is 5.75 Å². The average molecular weight is 347 g/mol. The zero-order valence-corrected chi connectivity index (χ0v) is 15.2. The van der Waals surface area contributed by atoms with E-state index in [1.54, 1.807) is 19.2 Å². The second-order valence-electron chi connectivity index (χ2n) is 5.95. The van der Waals surface area contributed by atoms with Crippen LogP contribution < -0.4 is 15.4 Å². The lowest BCUT2D eigenvalue weighted by molar-refractivity contribution is -0.114.